The van der Waals surface area contributed by atoms with Crippen LogP contribution in [0.3, 0.4) is 0 Å². The van der Waals surface area contributed by atoms with Crippen LogP contribution < -0.4 is 5.32 Å². The van der Waals surface area contributed by atoms with Gasteiger partial charge in [0.2, 0.25) is 17.6 Å². The van der Waals surface area contributed by atoms with Gasteiger partial charge in [0.25, 0.3) is 0 Å². The van der Waals surface area contributed by atoms with Crippen molar-refractivity contribution >= 4 is 5.91 Å². The molecule has 134 valence electrons. The van der Waals surface area contributed by atoms with E-state index in [1.165, 1.54) is 0 Å². The van der Waals surface area contributed by atoms with Crippen LogP contribution in [0.2, 0.25) is 0 Å². The summed E-state index contributed by atoms with van der Waals surface area (Å²) in [7, 11) is 1.63. The van der Waals surface area contributed by atoms with Gasteiger partial charge in [-0.2, -0.15) is 4.98 Å². The zero-order valence-electron chi connectivity index (χ0n) is 14.5. The lowest BCUT2D eigenvalue weighted by molar-refractivity contribution is -0.126. The first-order chi connectivity index (χ1) is 12.3. The normalized spacial score (nSPS) is 16.0. The first-order valence-corrected chi connectivity index (χ1v) is 8.63. The van der Waals surface area contributed by atoms with Gasteiger partial charge in [-0.25, -0.2) is 0 Å². The van der Waals surface area contributed by atoms with E-state index in [1.54, 1.807) is 7.11 Å². The van der Waals surface area contributed by atoms with Crippen LogP contribution in [0.4, 0.5) is 0 Å². The number of hydrogen-bond acceptors (Lipinski definition) is 6. The molecule has 1 aromatic heterocycles. The van der Waals surface area contributed by atoms with Crippen molar-refractivity contribution in [3.8, 4) is 11.4 Å². The number of benzene rings is 1. The molecule has 0 radical (unpaired) electrons. The van der Waals surface area contributed by atoms with Gasteiger partial charge in [0.1, 0.15) is 0 Å². The zero-order valence-corrected chi connectivity index (χ0v) is 14.5. The van der Waals surface area contributed by atoms with Crippen LogP contribution in [0.1, 0.15) is 18.7 Å². The Bertz CT molecular complexity index is 666. The summed E-state index contributed by atoms with van der Waals surface area (Å²) in [6.45, 7) is 3.44. The first kappa shape index (κ1) is 17.6. The van der Waals surface area contributed by atoms with Gasteiger partial charge in [-0.15, -0.1) is 0 Å². The summed E-state index contributed by atoms with van der Waals surface area (Å²) < 4.78 is 10.3. The highest BCUT2D eigenvalue weighted by molar-refractivity contribution is 5.78. The van der Waals surface area contributed by atoms with Gasteiger partial charge in [-0.3, -0.25) is 9.69 Å². The number of aromatic nitrogens is 2. The minimum absolute atomic E-state index is 0.0793. The third kappa shape index (κ3) is 4.87. The highest BCUT2D eigenvalue weighted by Gasteiger charge is 2.25. The second-order valence-corrected chi connectivity index (χ2v) is 6.21. The average molecular weight is 344 g/mol. The molecule has 1 saturated heterocycles. The average Bonchev–Trinajstić information content (AvgIpc) is 3.12. The summed E-state index contributed by atoms with van der Waals surface area (Å²) in [5, 5.41) is 6.96. The van der Waals surface area contributed by atoms with Crippen LogP contribution in [0.25, 0.3) is 11.4 Å². The number of amides is 1. The Morgan fingerprint density at radius 1 is 1.32 bits per heavy atom. The van der Waals surface area contributed by atoms with E-state index in [0.717, 1.165) is 31.5 Å². The van der Waals surface area contributed by atoms with Gasteiger partial charge in [-0.05, 0) is 25.9 Å². The van der Waals surface area contributed by atoms with Crippen LogP contribution in [0, 0.1) is 5.92 Å². The quantitative estimate of drug-likeness (QED) is 0.770. The first-order valence-electron chi connectivity index (χ1n) is 8.63. The molecule has 1 amide bonds. The molecule has 7 nitrogen and oxygen atoms in total. The van der Waals surface area contributed by atoms with Gasteiger partial charge in [0.05, 0.1) is 13.2 Å². The smallest absolute Gasteiger partial charge is 0.241 e. The van der Waals surface area contributed by atoms with E-state index in [9.17, 15) is 4.79 Å². The number of hydrogen-bond donors (Lipinski definition) is 1. The van der Waals surface area contributed by atoms with Crippen molar-refractivity contribution in [1.82, 2.24) is 20.4 Å². The second kappa shape index (κ2) is 8.73. The van der Waals surface area contributed by atoms with E-state index >= 15 is 0 Å². The number of ether oxygens (including phenoxy) is 1. The molecule has 2 aromatic rings. The summed E-state index contributed by atoms with van der Waals surface area (Å²) >= 11 is 0. The number of nitrogens with zero attached hydrogens (tertiary/aromatic N) is 3. The van der Waals surface area contributed by atoms with E-state index in [0.29, 0.717) is 31.4 Å². The zero-order chi connectivity index (χ0) is 17.5. The van der Waals surface area contributed by atoms with Crippen LogP contribution >= 0.6 is 0 Å². The number of likely N-dealkylation sites (tertiary alicyclic amines) is 1. The van der Waals surface area contributed by atoms with Gasteiger partial charge in [0, 0.05) is 25.1 Å². The fourth-order valence-corrected chi connectivity index (χ4v) is 2.99. The maximum atomic E-state index is 12.1. The standard InChI is InChI=1S/C18H24N4O3/c1-24-12-9-19-18(23)15-7-10-22(11-8-15)13-16-20-17(21-25-16)14-5-3-2-4-6-14/h2-6,15H,7-13H2,1H3,(H,19,23). The Hall–Kier alpha value is -2.25. The maximum Gasteiger partial charge on any atom is 0.241 e. The van der Waals surface area contributed by atoms with E-state index < -0.39 is 0 Å². The Balaban J connectivity index is 1.46. The Kier molecular flexibility index (Phi) is 6.14. The predicted molar refractivity (Wildman–Crippen MR) is 92.6 cm³/mol. The van der Waals surface area contributed by atoms with Crippen molar-refractivity contribution in [2.45, 2.75) is 19.4 Å². The molecule has 0 unspecified atom stereocenters. The monoisotopic (exact) mass is 344 g/mol. The molecule has 1 aliphatic rings. The molecule has 0 atom stereocenters. The number of methoxy groups -OCH3 is 1. The summed E-state index contributed by atoms with van der Waals surface area (Å²) in [5.74, 6) is 1.43. The summed E-state index contributed by atoms with van der Waals surface area (Å²) in [4.78, 5) is 18.8. The molecule has 0 bridgehead atoms. The Labute approximate surface area is 147 Å². The number of nitrogens with one attached hydrogen (secondary N) is 1. The van der Waals surface area contributed by atoms with Crippen LogP contribution in [-0.2, 0) is 16.1 Å². The summed E-state index contributed by atoms with van der Waals surface area (Å²) in [6, 6.07) is 9.78. The second-order valence-electron chi connectivity index (χ2n) is 6.21. The predicted octanol–water partition coefficient (Wildman–Crippen LogP) is 1.71. The molecule has 0 saturated carbocycles. The number of carbonyl (C=O) groups excluding carboxylic acids is 1. The van der Waals surface area contributed by atoms with Gasteiger partial charge >= 0.3 is 0 Å². The van der Waals surface area contributed by atoms with Crippen LogP contribution in [-0.4, -0.2) is 54.3 Å². The van der Waals surface area contributed by atoms with Crippen molar-refractivity contribution in [3.63, 3.8) is 0 Å². The third-order valence-electron chi connectivity index (χ3n) is 4.42. The highest BCUT2D eigenvalue weighted by Crippen LogP contribution is 2.20. The third-order valence-corrected chi connectivity index (χ3v) is 4.42. The molecule has 1 N–H and O–H groups in total. The lowest BCUT2D eigenvalue weighted by Crippen LogP contribution is -2.41. The molecule has 3 rings (SSSR count). The van der Waals surface area contributed by atoms with Crippen LogP contribution in [0.5, 0.6) is 0 Å². The Morgan fingerprint density at radius 3 is 2.80 bits per heavy atom. The van der Waals surface area contributed by atoms with Crippen LogP contribution in [0.15, 0.2) is 34.9 Å². The van der Waals surface area contributed by atoms with Crippen molar-refractivity contribution in [2.75, 3.05) is 33.4 Å². The fourth-order valence-electron chi connectivity index (χ4n) is 2.99. The number of carbonyl (C=O) groups is 1. The van der Waals surface area contributed by atoms with Crippen molar-refractivity contribution in [2.24, 2.45) is 5.92 Å². The minimum Gasteiger partial charge on any atom is -0.383 e. The maximum absolute atomic E-state index is 12.1. The minimum atomic E-state index is 0.0793. The van der Waals surface area contributed by atoms with Gasteiger partial charge < -0.3 is 14.6 Å². The SMILES string of the molecule is COCCNC(=O)C1CCN(Cc2nc(-c3ccccc3)no2)CC1. The molecular weight excluding hydrogens is 320 g/mol. The van der Waals surface area contributed by atoms with Crippen molar-refractivity contribution < 1.29 is 14.1 Å². The topological polar surface area (TPSA) is 80.5 Å². The van der Waals surface area contributed by atoms with Crippen molar-refractivity contribution in [3.05, 3.63) is 36.2 Å². The molecular formula is C18H24N4O3. The largest absolute Gasteiger partial charge is 0.383 e. The van der Waals surface area contributed by atoms with E-state index in [4.69, 9.17) is 9.26 Å². The van der Waals surface area contributed by atoms with E-state index in [-0.39, 0.29) is 11.8 Å². The molecule has 7 heteroatoms. The molecule has 1 aromatic carbocycles. The summed E-state index contributed by atoms with van der Waals surface area (Å²) in [6.07, 6.45) is 1.69. The lowest BCUT2D eigenvalue weighted by Gasteiger charge is -2.30. The fraction of sp³-hybridized carbons (Fsp3) is 0.500. The van der Waals surface area contributed by atoms with Gasteiger partial charge in [0.15, 0.2) is 0 Å². The number of rotatable bonds is 7. The molecule has 0 aliphatic carbocycles. The lowest BCUT2D eigenvalue weighted by atomic mass is 9.96. The molecule has 1 aliphatic heterocycles. The van der Waals surface area contributed by atoms with E-state index in [1.807, 2.05) is 30.3 Å². The molecule has 25 heavy (non-hydrogen) atoms. The molecule has 2 heterocycles. The molecule has 1 fully saturated rings. The Morgan fingerprint density at radius 2 is 2.08 bits per heavy atom. The highest BCUT2D eigenvalue weighted by atomic mass is 16.5. The van der Waals surface area contributed by atoms with Gasteiger partial charge in [-0.1, -0.05) is 35.5 Å². The van der Waals surface area contributed by atoms with Crippen molar-refractivity contribution in [1.29, 1.82) is 0 Å². The van der Waals surface area contributed by atoms with E-state index in [2.05, 4.69) is 20.4 Å². The molecule has 0 spiro atoms. The number of piperidine rings is 1. The summed E-state index contributed by atoms with van der Waals surface area (Å²) in [5.41, 5.74) is 0.948.